The Morgan fingerprint density at radius 3 is 2.21 bits per heavy atom. The van der Waals surface area contributed by atoms with Gasteiger partial charge in [0.05, 0.1) is 6.54 Å². The molecule has 0 fully saturated rings. The second kappa shape index (κ2) is 4.65. The fourth-order valence-electron chi connectivity index (χ4n) is 0.689. The predicted molar refractivity (Wildman–Crippen MR) is 46.3 cm³/mol. The standard InChI is InChI=1S/C8H15F2NO3/c1-7(2,5-12)3-11-4-8(9,10)6(13)14/h11-12H,3-5H2,1-2H3,(H,13,14). The second-order valence-electron chi connectivity index (χ2n) is 3.94. The number of rotatable bonds is 6. The summed E-state index contributed by atoms with van der Waals surface area (Å²) in [5, 5.41) is 19.2. The Labute approximate surface area is 80.9 Å². The number of halogens is 2. The molecular weight excluding hydrogens is 196 g/mol. The number of carbonyl (C=O) groups is 1. The third kappa shape index (κ3) is 4.48. The van der Waals surface area contributed by atoms with Crippen LogP contribution >= 0.6 is 0 Å². The molecule has 0 rings (SSSR count). The summed E-state index contributed by atoms with van der Waals surface area (Å²) in [5.74, 6) is -5.90. The summed E-state index contributed by atoms with van der Waals surface area (Å²) < 4.78 is 25.0. The second-order valence-corrected chi connectivity index (χ2v) is 3.94. The van der Waals surface area contributed by atoms with Crippen molar-refractivity contribution in [3.8, 4) is 0 Å². The Bertz CT molecular complexity index is 207. The zero-order chi connectivity index (χ0) is 11.4. The average Bonchev–Trinajstić information content (AvgIpc) is 2.03. The molecule has 0 saturated carbocycles. The molecule has 0 amide bonds. The molecule has 0 aromatic carbocycles. The zero-order valence-electron chi connectivity index (χ0n) is 8.18. The average molecular weight is 211 g/mol. The van der Waals surface area contributed by atoms with E-state index in [4.69, 9.17) is 10.2 Å². The number of aliphatic hydroxyl groups excluding tert-OH is 1. The molecule has 0 unspecified atom stereocenters. The first-order chi connectivity index (χ1) is 6.21. The molecule has 0 aromatic rings. The summed E-state index contributed by atoms with van der Waals surface area (Å²) in [4.78, 5) is 10.0. The van der Waals surface area contributed by atoms with Crippen LogP contribution in [0.25, 0.3) is 0 Å². The van der Waals surface area contributed by atoms with E-state index in [-0.39, 0.29) is 13.2 Å². The van der Waals surface area contributed by atoms with Gasteiger partial charge in [0.15, 0.2) is 0 Å². The maximum atomic E-state index is 12.5. The highest BCUT2D eigenvalue weighted by molar-refractivity contribution is 5.75. The summed E-state index contributed by atoms with van der Waals surface area (Å²) in [7, 11) is 0. The summed E-state index contributed by atoms with van der Waals surface area (Å²) in [5.41, 5.74) is -0.533. The molecule has 0 radical (unpaired) electrons. The van der Waals surface area contributed by atoms with Crippen LogP contribution < -0.4 is 5.32 Å². The van der Waals surface area contributed by atoms with Crippen molar-refractivity contribution in [1.29, 1.82) is 0 Å². The maximum Gasteiger partial charge on any atom is 0.375 e. The number of aliphatic hydroxyl groups is 1. The summed E-state index contributed by atoms with van der Waals surface area (Å²) in [6.45, 7) is 2.41. The lowest BCUT2D eigenvalue weighted by Gasteiger charge is -2.23. The largest absolute Gasteiger partial charge is 0.477 e. The van der Waals surface area contributed by atoms with Crippen LogP contribution in [-0.4, -0.2) is 41.8 Å². The molecule has 0 aliphatic rings. The van der Waals surface area contributed by atoms with Crippen LogP contribution in [0.4, 0.5) is 8.78 Å². The highest BCUT2D eigenvalue weighted by Gasteiger charge is 2.38. The van der Waals surface area contributed by atoms with Gasteiger partial charge < -0.3 is 15.5 Å². The minimum atomic E-state index is -3.76. The first-order valence-corrected chi connectivity index (χ1v) is 4.14. The van der Waals surface area contributed by atoms with E-state index < -0.39 is 23.9 Å². The van der Waals surface area contributed by atoms with Gasteiger partial charge in [-0.1, -0.05) is 13.8 Å². The van der Waals surface area contributed by atoms with Gasteiger partial charge in [-0.3, -0.25) is 0 Å². The lowest BCUT2D eigenvalue weighted by Crippen LogP contribution is -2.43. The quantitative estimate of drug-likeness (QED) is 0.591. The van der Waals surface area contributed by atoms with Crippen molar-refractivity contribution in [3.63, 3.8) is 0 Å². The van der Waals surface area contributed by atoms with Crippen LogP contribution in [0.3, 0.4) is 0 Å². The summed E-state index contributed by atoms with van der Waals surface area (Å²) >= 11 is 0. The summed E-state index contributed by atoms with van der Waals surface area (Å²) in [6, 6.07) is 0. The minimum absolute atomic E-state index is 0.131. The van der Waals surface area contributed by atoms with Crippen molar-refractivity contribution in [1.82, 2.24) is 5.32 Å². The topological polar surface area (TPSA) is 69.6 Å². The molecule has 0 saturated heterocycles. The van der Waals surface area contributed by atoms with Crippen molar-refractivity contribution in [3.05, 3.63) is 0 Å². The monoisotopic (exact) mass is 211 g/mol. The van der Waals surface area contributed by atoms with Crippen LogP contribution in [0.15, 0.2) is 0 Å². The molecule has 4 nitrogen and oxygen atoms in total. The normalized spacial score (nSPS) is 12.9. The van der Waals surface area contributed by atoms with Gasteiger partial charge in [-0.25, -0.2) is 4.79 Å². The van der Waals surface area contributed by atoms with E-state index >= 15 is 0 Å². The van der Waals surface area contributed by atoms with E-state index in [1.807, 2.05) is 0 Å². The Balaban J connectivity index is 3.91. The molecule has 3 N–H and O–H groups in total. The van der Waals surface area contributed by atoms with Gasteiger partial charge in [-0.2, -0.15) is 8.78 Å². The molecule has 0 aliphatic carbocycles. The lowest BCUT2D eigenvalue weighted by atomic mass is 9.95. The van der Waals surface area contributed by atoms with Gasteiger partial charge in [0.2, 0.25) is 0 Å². The first-order valence-electron chi connectivity index (χ1n) is 4.14. The molecule has 0 aliphatic heterocycles. The van der Waals surface area contributed by atoms with Gasteiger partial charge in [-0.05, 0) is 0 Å². The van der Waals surface area contributed by atoms with E-state index in [0.717, 1.165) is 0 Å². The molecule has 84 valence electrons. The smallest absolute Gasteiger partial charge is 0.375 e. The van der Waals surface area contributed by atoms with Gasteiger partial charge >= 0.3 is 11.9 Å². The Morgan fingerprint density at radius 1 is 1.36 bits per heavy atom. The van der Waals surface area contributed by atoms with E-state index in [0.29, 0.717) is 0 Å². The van der Waals surface area contributed by atoms with Gasteiger partial charge in [0.25, 0.3) is 0 Å². The SMILES string of the molecule is CC(C)(CO)CNCC(F)(F)C(=O)O. The van der Waals surface area contributed by atoms with Crippen molar-refractivity contribution in [2.24, 2.45) is 5.41 Å². The van der Waals surface area contributed by atoms with Gasteiger partial charge in [0.1, 0.15) is 0 Å². The van der Waals surface area contributed by atoms with E-state index in [1.165, 1.54) is 0 Å². The Morgan fingerprint density at radius 2 is 1.86 bits per heavy atom. The highest BCUT2D eigenvalue weighted by Crippen LogP contribution is 2.14. The number of hydrogen-bond acceptors (Lipinski definition) is 3. The van der Waals surface area contributed by atoms with Crippen molar-refractivity contribution < 1.29 is 23.8 Å². The van der Waals surface area contributed by atoms with Crippen molar-refractivity contribution in [2.75, 3.05) is 19.7 Å². The van der Waals surface area contributed by atoms with Crippen LogP contribution in [0.2, 0.25) is 0 Å². The molecule has 0 spiro atoms. The fourth-order valence-corrected chi connectivity index (χ4v) is 0.689. The lowest BCUT2D eigenvalue weighted by molar-refractivity contribution is -0.164. The molecule has 0 heterocycles. The van der Waals surface area contributed by atoms with Crippen molar-refractivity contribution >= 4 is 5.97 Å². The third-order valence-electron chi connectivity index (χ3n) is 1.69. The Kier molecular flexibility index (Phi) is 4.41. The number of carboxylic acid groups (broad SMARTS) is 1. The van der Waals surface area contributed by atoms with Gasteiger partial charge in [-0.15, -0.1) is 0 Å². The van der Waals surface area contributed by atoms with E-state index in [2.05, 4.69) is 5.32 Å². The third-order valence-corrected chi connectivity index (χ3v) is 1.69. The van der Waals surface area contributed by atoms with Crippen LogP contribution in [0.5, 0.6) is 0 Å². The van der Waals surface area contributed by atoms with Crippen molar-refractivity contribution in [2.45, 2.75) is 19.8 Å². The number of aliphatic carboxylic acids is 1. The number of alkyl halides is 2. The van der Waals surface area contributed by atoms with Crippen LogP contribution in [-0.2, 0) is 4.79 Å². The summed E-state index contributed by atoms with van der Waals surface area (Å²) in [6.07, 6.45) is 0. The first kappa shape index (κ1) is 13.2. The number of nitrogens with one attached hydrogen (secondary N) is 1. The van der Waals surface area contributed by atoms with Crippen LogP contribution in [0, 0.1) is 5.41 Å². The molecular formula is C8H15F2NO3. The molecule has 0 aromatic heterocycles. The molecule has 0 bridgehead atoms. The van der Waals surface area contributed by atoms with E-state index in [1.54, 1.807) is 13.8 Å². The molecule has 6 heteroatoms. The van der Waals surface area contributed by atoms with Gasteiger partial charge in [0, 0.05) is 18.6 Å². The number of hydrogen-bond donors (Lipinski definition) is 3. The Hall–Kier alpha value is -0.750. The molecule has 14 heavy (non-hydrogen) atoms. The fraction of sp³-hybridized carbons (Fsp3) is 0.875. The minimum Gasteiger partial charge on any atom is -0.477 e. The van der Waals surface area contributed by atoms with E-state index in [9.17, 15) is 13.6 Å². The maximum absolute atomic E-state index is 12.5. The highest BCUT2D eigenvalue weighted by atomic mass is 19.3. The van der Waals surface area contributed by atoms with Crippen LogP contribution in [0.1, 0.15) is 13.8 Å². The number of carboxylic acids is 1. The molecule has 0 atom stereocenters. The predicted octanol–water partition coefficient (Wildman–Crippen LogP) is 0.314. The zero-order valence-corrected chi connectivity index (χ0v) is 8.18.